The Bertz CT molecular complexity index is 1240. The Labute approximate surface area is 200 Å². The fourth-order valence-electron chi connectivity index (χ4n) is 3.43. The highest BCUT2D eigenvalue weighted by Crippen LogP contribution is 2.23. The molecule has 3 aromatic carbocycles. The number of carbonyl (C=O) groups excluding carboxylic acids is 1. The van der Waals surface area contributed by atoms with E-state index in [1.165, 1.54) is 5.56 Å². The average Bonchev–Trinajstić information content (AvgIpc) is 3.23. The summed E-state index contributed by atoms with van der Waals surface area (Å²) in [7, 11) is 4.00. The van der Waals surface area contributed by atoms with Gasteiger partial charge in [-0.05, 0) is 67.9 Å². The lowest BCUT2D eigenvalue weighted by Crippen LogP contribution is -2.22. The summed E-state index contributed by atoms with van der Waals surface area (Å²) in [6, 6.07) is 23.3. The molecule has 0 saturated heterocycles. The van der Waals surface area contributed by atoms with Gasteiger partial charge in [0.25, 0.3) is 5.91 Å². The number of nitrogens with zero attached hydrogens (tertiary/aromatic N) is 2. The van der Waals surface area contributed by atoms with Crippen LogP contribution in [0.3, 0.4) is 0 Å². The zero-order valence-electron chi connectivity index (χ0n) is 20.0. The van der Waals surface area contributed by atoms with Gasteiger partial charge in [-0.2, -0.15) is 0 Å². The lowest BCUT2D eigenvalue weighted by molar-refractivity contribution is 0.0951. The van der Waals surface area contributed by atoms with E-state index in [-0.39, 0.29) is 5.91 Å². The van der Waals surface area contributed by atoms with Gasteiger partial charge in [-0.3, -0.25) is 4.79 Å². The summed E-state index contributed by atoms with van der Waals surface area (Å²) in [5, 5.41) is 2.96. The van der Waals surface area contributed by atoms with Crippen LogP contribution in [-0.2, 0) is 13.2 Å². The zero-order chi connectivity index (χ0) is 24.1. The molecule has 1 N–H and O–H groups in total. The minimum Gasteiger partial charge on any atom is -0.487 e. The number of aryl methyl sites for hydroxylation is 2. The van der Waals surface area contributed by atoms with Gasteiger partial charge in [-0.15, -0.1) is 0 Å². The van der Waals surface area contributed by atoms with Gasteiger partial charge in [0.2, 0.25) is 5.89 Å². The van der Waals surface area contributed by atoms with Crippen LogP contribution >= 0.6 is 0 Å². The molecule has 34 heavy (non-hydrogen) atoms. The molecule has 0 aliphatic carbocycles. The predicted octanol–water partition coefficient (Wildman–Crippen LogP) is 5.53. The molecule has 0 aliphatic heterocycles. The molecule has 1 aromatic heterocycles. The summed E-state index contributed by atoms with van der Waals surface area (Å²) >= 11 is 0. The molecule has 4 aromatic rings. The highest BCUT2D eigenvalue weighted by molar-refractivity contribution is 5.94. The van der Waals surface area contributed by atoms with E-state index >= 15 is 0 Å². The van der Waals surface area contributed by atoms with E-state index in [2.05, 4.69) is 10.3 Å². The minimum absolute atomic E-state index is 0.126. The van der Waals surface area contributed by atoms with E-state index in [4.69, 9.17) is 9.15 Å². The fourth-order valence-corrected chi connectivity index (χ4v) is 3.43. The zero-order valence-corrected chi connectivity index (χ0v) is 20.0. The second-order valence-electron chi connectivity index (χ2n) is 8.44. The van der Waals surface area contributed by atoms with Crippen LogP contribution in [0.5, 0.6) is 5.75 Å². The van der Waals surface area contributed by atoms with Crippen LogP contribution < -0.4 is 15.0 Å². The van der Waals surface area contributed by atoms with Gasteiger partial charge in [0, 0.05) is 37.5 Å². The molecule has 0 atom stereocenters. The summed E-state index contributed by atoms with van der Waals surface area (Å²) in [6.07, 6.45) is 0. The van der Waals surface area contributed by atoms with Crippen molar-refractivity contribution in [1.29, 1.82) is 0 Å². The van der Waals surface area contributed by atoms with Crippen molar-refractivity contribution < 1.29 is 13.9 Å². The maximum absolute atomic E-state index is 12.6. The van der Waals surface area contributed by atoms with Crippen LogP contribution in [0.1, 0.15) is 32.9 Å². The monoisotopic (exact) mass is 455 g/mol. The third kappa shape index (κ3) is 5.64. The quantitative estimate of drug-likeness (QED) is 0.378. The number of benzene rings is 3. The number of oxazole rings is 1. The number of ether oxygens (including phenoxy) is 1. The summed E-state index contributed by atoms with van der Waals surface area (Å²) in [6.45, 7) is 4.71. The fraction of sp³-hybridized carbons (Fsp3) is 0.214. The Balaban J connectivity index is 1.35. The van der Waals surface area contributed by atoms with Crippen LogP contribution in [0.15, 0.2) is 77.2 Å². The summed E-state index contributed by atoms with van der Waals surface area (Å²) in [5.41, 5.74) is 5.49. The molecule has 0 fully saturated rings. The van der Waals surface area contributed by atoms with Gasteiger partial charge in [0.1, 0.15) is 23.8 Å². The first-order valence-electron chi connectivity index (χ1n) is 11.2. The predicted molar refractivity (Wildman–Crippen MR) is 134 cm³/mol. The molecule has 0 saturated carbocycles. The van der Waals surface area contributed by atoms with Gasteiger partial charge >= 0.3 is 0 Å². The molecule has 6 heteroatoms. The molecule has 4 rings (SSSR count). The second kappa shape index (κ2) is 10.3. The summed E-state index contributed by atoms with van der Waals surface area (Å²) in [4.78, 5) is 19.2. The maximum Gasteiger partial charge on any atom is 0.251 e. The Morgan fingerprint density at radius 3 is 2.26 bits per heavy atom. The van der Waals surface area contributed by atoms with Crippen molar-refractivity contribution in [2.45, 2.75) is 27.0 Å². The third-order valence-corrected chi connectivity index (χ3v) is 5.59. The number of nitrogens with one attached hydrogen (secondary N) is 1. The molecule has 1 heterocycles. The van der Waals surface area contributed by atoms with Crippen LogP contribution in [-0.4, -0.2) is 25.0 Å². The highest BCUT2D eigenvalue weighted by atomic mass is 16.5. The molecule has 174 valence electrons. The SMILES string of the molecule is Cc1ccc(OCc2nc(-c3ccc(C(=O)NCc4ccc(N(C)C)cc4)cc3)oc2C)cc1. The Hall–Kier alpha value is -4.06. The molecule has 1 amide bonds. The van der Waals surface area contributed by atoms with Crippen LogP contribution in [0.4, 0.5) is 5.69 Å². The molecule has 6 nitrogen and oxygen atoms in total. The molecule has 0 bridgehead atoms. The van der Waals surface area contributed by atoms with Crippen LogP contribution in [0.25, 0.3) is 11.5 Å². The standard InChI is InChI=1S/C28H29N3O3/c1-19-5-15-25(16-6-19)33-18-26-20(2)34-28(30-26)23-11-9-22(10-12-23)27(32)29-17-21-7-13-24(14-8-21)31(3)4/h5-16H,17-18H2,1-4H3,(H,29,32). The number of amides is 1. The van der Waals surface area contributed by atoms with E-state index in [1.54, 1.807) is 12.1 Å². The van der Waals surface area contributed by atoms with Crippen LogP contribution in [0.2, 0.25) is 0 Å². The molecule has 0 unspecified atom stereocenters. The topological polar surface area (TPSA) is 67.6 Å². The van der Waals surface area contributed by atoms with Gasteiger partial charge in [0.05, 0.1) is 0 Å². The first-order valence-corrected chi connectivity index (χ1v) is 11.2. The Morgan fingerprint density at radius 1 is 0.941 bits per heavy atom. The number of carbonyl (C=O) groups is 1. The van der Waals surface area contributed by atoms with E-state index in [0.29, 0.717) is 30.4 Å². The largest absolute Gasteiger partial charge is 0.487 e. The number of hydrogen-bond donors (Lipinski definition) is 1. The van der Waals surface area contributed by atoms with Gasteiger partial charge in [-0.1, -0.05) is 29.8 Å². The van der Waals surface area contributed by atoms with E-state index < -0.39 is 0 Å². The van der Waals surface area contributed by atoms with Crippen LogP contribution in [0, 0.1) is 13.8 Å². The number of anilines is 1. The first kappa shape index (κ1) is 23.1. The summed E-state index contributed by atoms with van der Waals surface area (Å²) in [5.74, 6) is 1.88. The molecule has 0 aliphatic rings. The highest BCUT2D eigenvalue weighted by Gasteiger charge is 2.13. The van der Waals surface area contributed by atoms with Gasteiger partial charge in [0.15, 0.2) is 0 Å². The van der Waals surface area contributed by atoms with Crippen molar-refractivity contribution in [3.05, 3.63) is 101 Å². The van der Waals surface area contributed by atoms with Crippen molar-refractivity contribution >= 4 is 11.6 Å². The number of hydrogen-bond acceptors (Lipinski definition) is 5. The van der Waals surface area contributed by atoms with Crippen molar-refractivity contribution in [3.63, 3.8) is 0 Å². The van der Waals surface area contributed by atoms with E-state index in [1.807, 2.05) is 93.5 Å². The molecular weight excluding hydrogens is 426 g/mol. The van der Waals surface area contributed by atoms with E-state index in [9.17, 15) is 4.79 Å². The lowest BCUT2D eigenvalue weighted by atomic mass is 10.1. The molecular formula is C28H29N3O3. The first-order chi connectivity index (χ1) is 16.4. The van der Waals surface area contributed by atoms with E-state index in [0.717, 1.165) is 28.3 Å². The average molecular weight is 456 g/mol. The number of aromatic nitrogens is 1. The van der Waals surface area contributed by atoms with Crippen molar-refractivity contribution in [2.24, 2.45) is 0 Å². The van der Waals surface area contributed by atoms with Gasteiger partial charge < -0.3 is 19.4 Å². The van der Waals surface area contributed by atoms with Crippen molar-refractivity contribution in [3.8, 4) is 17.2 Å². The third-order valence-electron chi connectivity index (χ3n) is 5.59. The van der Waals surface area contributed by atoms with Crippen molar-refractivity contribution in [1.82, 2.24) is 10.3 Å². The summed E-state index contributed by atoms with van der Waals surface area (Å²) < 4.78 is 11.7. The minimum atomic E-state index is -0.126. The van der Waals surface area contributed by atoms with Crippen molar-refractivity contribution in [2.75, 3.05) is 19.0 Å². The van der Waals surface area contributed by atoms with Gasteiger partial charge in [-0.25, -0.2) is 4.98 Å². The second-order valence-corrected chi connectivity index (χ2v) is 8.44. The molecule has 0 radical (unpaired) electrons. The smallest absolute Gasteiger partial charge is 0.251 e. The maximum atomic E-state index is 12.6. The normalized spacial score (nSPS) is 10.7. The Kier molecular flexibility index (Phi) is 6.97. The Morgan fingerprint density at radius 2 is 1.62 bits per heavy atom. The lowest BCUT2D eigenvalue weighted by Gasteiger charge is -2.13. The molecule has 0 spiro atoms. The number of rotatable bonds is 8.